The maximum absolute atomic E-state index is 13.1. The highest BCUT2D eigenvalue weighted by molar-refractivity contribution is 9.10. The molecule has 0 aliphatic rings. The molecule has 0 spiro atoms. The maximum atomic E-state index is 13.1. The van der Waals surface area contributed by atoms with Crippen molar-refractivity contribution in [2.45, 2.75) is 0 Å². The number of nitro benzene ring substituents is 1. The zero-order valence-corrected chi connectivity index (χ0v) is 11.1. The van der Waals surface area contributed by atoms with Gasteiger partial charge in [-0.15, -0.1) is 0 Å². The third kappa shape index (κ3) is 3.00. The van der Waals surface area contributed by atoms with E-state index in [2.05, 4.69) is 21.2 Å². The number of benzene rings is 2. The monoisotopic (exact) mass is 325 g/mol. The van der Waals surface area contributed by atoms with Crippen LogP contribution in [-0.2, 0) is 0 Å². The summed E-state index contributed by atoms with van der Waals surface area (Å²) in [5.41, 5.74) is 6.50. The van der Waals surface area contributed by atoms with E-state index in [9.17, 15) is 14.5 Å². The fourth-order valence-electron chi connectivity index (χ4n) is 1.55. The summed E-state index contributed by atoms with van der Waals surface area (Å²) < 4.78 is 13.8. The Kier molecular flexibility index (Phi) is 3.66. The van der Waals surface area contributed by atoms with Gasteiger partial charge in [0.15, 0.2) is 0 Å². The number of halogens is 2. The highest BCUT2D eigenvalue weighted by Crippen LogP contribution is 2.30. The summed E-state index contributed by atoms with van der Waals surface area (Å²) in [7, 11) is 0. The molecule has 0 bridgehead atoms. The fourth-order valence-corrected chi connectivity index (χ4v) is 1.89. The topological polar surface area (TPSA) is 81.2 Å². The summed E-state index contributed by atoms with van der Waals surface area (Å²) in [6, 6.07) is 8.42. The van der Waals surface area contributed by atoms with Crippen LogP contribution in [0.15, 0.2) is 40.9 Å². The second kappa shape index (κ2) is 5.23. The minimum atomic E-state index is -0.558. The maximum Gasteiger partial charge on any atom is 0.292 e. The van der Waals surface area contributed by atoms with E-state index in [1.165, 1.54) is 30.3 Å². The molecule has 0 saturated carbocycles. The molecule has 0 fully saturated rings. The third-order valence-corrected chi connectivity index (χ3v) is 3.12. The average molecular weight is 326 g/mol. The number of nitrogens with zero attached hydrogens (tertiary/aromatic N) is 1. The van der Waals surface area contributed by atoms with E-state index in [4.69, 9.17) is 5.73 Å². The van der Waals surface area contributed by atoms with Crippen molar-refractivity contribution in [3.8, 4) is 0 Å². The van der Waals surface area contributed by atoms with Gasteiger partial charge in [-0.1, -0.05) is 0 Å². The number of nitrogen functional groups attached to an aromatic ring is 1. The number of nitrogens with two attached hydrogens (primary N) is 1. The first-order valence-corrected chi connectivity index (χ1v) is 6.02. The number of hydrogen-bond acceptors (Lipinski definition) is 4. The zero-order valence-electron chi connectivity index (χ0n) is 9.56. The van der Waals surface area contributed by atoms with Gasteiger partial charge in [-0.3, -0.25) is 10.1 Å². The Balaban J connectivity index is 2.31. The number of rotatable bonds is 3. The first kappa shape index (κ1) is 13.3. The molecular weight excluding hydrogens is 317 g/mol. The Hall–Kier alpha value is -2.15. The van der Waals surface area contributed by atoms with Gasteiger partial charge < -0.3 is 11.1 Å². The largest absolute Gasteiger partial charge is 0.393 e. The van der Waals surface area contributed by atoms with Crippen LogP contribution in [0.3, 0.4) is 0 Å². The molecule has 0 radical (unpaired) electrons. The van der Waals surface area contributed by atoms with Crippen molar-refractivity contribution in [3.05, 3.63) is 56.8 Å². The van der Waals surface area contributed by atoms with Gasteiger partial charge in [-0.25, -0.2) is 4.39 Å². The second-order valence-corrected chi connectivity index (χ2v) is 4.63. The van der Waals surface area contributed by atoms with Crippen LogP contribution in [0, 0.1) is 15.9 Å². The Morgan fingerprint density at radius 3 is 2.63 bits per heavy atom. The van der Waals surface area contributed by atoms with Gasteiger partial charge in [0.05, 0.1) is 10.6 Å². The molecule has 0 heterocycles. The van der Waals surface area contributed by atoms with Gasteiger partial charge in [0.2, 0.25) is 0 Å². The van der Waals surface area contributed by atoms with Crippen LogP contribution >= 0.6 is 15.9 Å². The van der Waals surface area contributed by atoms with E-state index in [0.717, 1.165) is 0 Å². The minimum absolute atomic E-state index is 0.0440. The van der Waals surface area contributed by atoms with Crippen LogP contribution in [0.4, 0.5) is 27.1 Å². The third-order valence-electron chi connectivity index (χ3n) is 2.43. The molecule has 0 aliphatic heterocycles. The van der Waals surface area contributed by atoms with Gasteiger partial charge in [-0.05, 0) is 46.3 Å². The van der Waals surface area contributed by atoms with Crippen molar-refractivity contribution in [2.24, 2.45) is 0 Å². The number of hydrogen-bond donors (Lipinski definition) is 2. The van der Waals surface area contributed by atoms with Crippen molar-refractivity contribution in [1.29, 1.82) is 0 Å². The van der Waals surface area contributed by atoms with E-state index in [1.807, 2.05) is 0 Å². The quantitative estimate of drug-likeness (QED) is 0.510. The molecule has 0 aliphatic carbocycles. The molecule has 2 aromatic rings. The number of nitro groups is 1. The zero-order chi connectivity index (χ0) is 14.0. The van der Waals surface area contributed by atoms with Crippen LogP contribution in [0.5, 0.6) is 0 Å². The van der Waals surface area contributed by atoms with Crippen molar-refractivity contribution in [2.75, 3.05) is 11.1 Å². The predicted molar refractivity (Wildman–Crippen MR) is 74.9 cm³/mol. The van der Waals surface area contributed by atoms with Gasteiger partial charge in [0.1, 0.15) is 11.5 Å². The summed E-state index contributed by atoms with van der Waals surface area (Å²) in [6.07, 6.45) is 0. The molecule has 0 atom stereocenters. The van der Waals surface area contributed by atoms with Crippen LogP contribution in [0.1, 0.15) is 0 Å². The van der Waals surface area contributed by atoms with Gasteiger partial charge >= 0.3 is 0 Å². The normalized spacial score (nSPS) is 10.2. The SMILES string of the molecule is Nc1cc(Nc2cc(F)ccc2Br)ccc1[N+](=O)[O-]. The van der Waals surface area contributed by atoms with Crippen LogP contribution < -0.4 is 11.1 Å². The van der Waals surface area contributed by atoms with E-state index in [-0.39, 0.29) is 17.2 Å². The van der Waals surface area contributed by atoms with E-state index < -0.39 is 4.92 Å². The molecule has 0 amide bonds. The van der Waals surface area contributed by atoms with Crippen molar-refractivity contribution in [3.63, 3.8) is 0 Å². The van der Waals surface area contributed by atoms with Crippen molar-refractivity contribution < 1.29 is 9.31 Å². The van der Waals surface area contributed by atoms with Crippen LogP contribution in [-0.4, -0.2) is 4.92 Å². The summed E-state index contributed by atoms with van der Waals surface area (Å²) >= 11 is 3.28. The molecule has 98 valence electrons. The molecule has 19 heavy (non-hydrogen) atoms. The molecule has 0 unspecified atom stereocenters. The first-order chi connectivity index (χ1) is 8.97. The molecule has 5 nitrogen and oxygen atoms in total. The van der Waals surface area contributed by atoms with E-state index in [1.54, 1.807) is 6.07 Å². The van der Waals surface area contributed by atoms with Gasteiger partial charge in [0.25, 0.3) is 5.69 Å². The smallest absolute Gasteiger partial charge is 0.292 e. The molecule has 2 rings (SSSR count). The highest BCUT2D eigenvalue weighted by atomic mass is 79.9. The summed E-state index contributed by atoms with van der Waals surface area (Å²) in [6.45, 7) is 0. The lowest BCUT2D eigenvalue weighted by Crippen LogP contribution is -1.98. The summed E-state index contributed by atoms with van der Waals surface area (Å²) in [5, 5.41) is 13.6. The van der Waals surface area contributed by atoms with E-state index in [0.29, 0.717) is 15.8 Å². The van der Waals surface area contributed by atoms with Crippen molar-refractivity contribution >= 4 is 38.7 Å². The molecule has 0 aromatic heterocycles. The molecule has 2 aromatic carbocycles. The Morgan fingerprint density at radius 1 is 1.26 bits per heavy atom. The standard InChI is InChI=1S/C12H9BrFN3O2/c13-9-3-1-7(14)5-11(9)16-8-2-4-12(17(18)19)10(15)6-8/h1-6,16H,15H2. The lowest BCUT2D eigenvalue weighted by molar-refractivity contribution is -0.383. The Labute approximate surface area is 116 Å². The number of nitrogens with one attached hydrogen (secondary N) is 1. The second-order valence-electron chi connectivity index (χ2n) is 3.78. The highest BCUT2D eigenvalue weighted by Gasteiger charge is 2.11. The van der Waals surface area contributed by atoms with Gasteiger partial charge in [0, 0.05) is 16.2 Å². The summed E-state index contributed by atoms with van der Waals surface area (Å²) in [4.78, 5) is 10.1. The van der Waals surface area contributed by atoms with Crippen molar-refractivity contribution in [1.82, 2.24) is 0 Å². The number of anilines is 3. The minimum Gasteiger partial charge on any atom is -0.393 e. The Bertz CT molecular complexity index is 649. The average Bonchev–Trinajstić information content (AvgIpc) is 2.33. The first-order valence-electron chi connectivity index (χ1n) is 5.23. The molecular formula is C12H9BrFN3O2. The molecule has 3 N–H and O–H groups in total. The lowest BCUT2D eigenvalue weighted by Gasteiger charge is -2.09. The van der Waals surface area contributed by atoms with Crippen LogP contribution in [0.25, 0.3) is 0 Å². The molecule has 7 heteroatoms. The summed E-state index contributed by atoms with van der Waals surface area (Å²) in [5.74, 6) is -0.388. The van der Waals surface area contributed by atoms with E-state index >= 15 is 0 Å². The predicted octanol–water partition coefficient (Wildman–Crippen LogP) is 3.82. The Morgan fingerprint density at radius 2 is 2.00 bits per heavy atom. The lowest BCUT2D eigenvalue weighted by atomic mass is 10.2. The fraction of sp³-hybridized carbons (Fsp3) is 0. The molecule has 0 saturated heterocycles. The van der Waals surface area contributed by atoms with Crippen LogP contribution in [0.2, 0.25) is 0 Å². The van der Waals surface area contributed by atoms with Gasteiger partial charge in [-0.2, -0.15) is 0 Å².